The summed E-state index contributed by atoms with van der Waals surface area (Å²) in [6, 6.07) is 25.6. The average Bonchev–Trinajstić information content (AvgIpc) is 3.00. The number of rotatable bonds is 3. The third kappa shape index (κ3) is 2.66. The first-order valence-corrected chi connectivity index (χ1v) is 8.63. The number of hydrogen-bond donors (Lipinski definition) is 0. The molecule has 4 rings (SSSR count). The molecule has 0 saturated heterocycles. The highest BCUT2D eigenvalue weighted by Gasteiger charge is 2.07. The monoisotopic (exact) mass is 315 g/mol. The van der Waals surface area contributed by atoms with Crippen LogP contribution in [-0.4, -0.2) is 6.21 Å². The number of thiophene rings is 1. The summed E-state index contributed by atoms with van der Waals surface area (Å²) in [6.07, 6.45) is 2.02. The highest BCUT2D eigenvalue weighted by atomic mass is 32.1. The van der Waals surface area contributed by atoms with E-state index in [-0.39, 0.29) is 6.04 Å². The molecule has 3 aromatic carbocycles. The maximum Gasteiger partial charge on any atom is 0.0721 e. The zero-order chi connectivity index (χ0) is 15.6. The highest BCUT2D eigenvalue weighted by Crippen LogP contribution is 2.35. The Labute approximate surface area is 139 Å². The van der Waals surface area contributed by atoms with Crippen molar-refractivity contribution in [3.63, 3.8) is 0 Å². The summed E-state index contributed by atoms with van der Waals surface area (Å²) < 4.78 is 2.65. The molecule has 2 heteroatoms. The summed E-state index contributed by atoms with van der Waals surface area (Å²) in [7, 11) is 0. The van der Waals surface area contributed by atoms with E-state index in [1.807, 2.05) is 23.6 Å². The van der Waals surface area contributed by atoms with Crippen molar-refractivity contribution in [2.45, 2.75) is 13.0 Å². The van der Waals surface area contributed by atoms with Gasteiger partial charge in [0, 0.05) is 32.0 Å². The minimum Gasteiger partial charge on any atom is -0.285 e. The SMILES string of the molecule is C[C@H](N=Cc1cccc2c1sc1ccccc12)c1ccccc1. The minimum atomic E-state index is 0.167. The van der Waals surface area contributed by atoms with Gasteiger partial charge in [0.25, 0.3) is 0 Å². The summed E-state index contributed by atoms with van der Waals surface area (Å²) in [4.78, 5) is 4.77. The van der Waals surface area contributed by atoms with E-state index >= 15 is 0 Å². The maximum absolute atomic E-state index is 4.77. The summed E-state index contributed by atoms with van der Waals surface area (Å²) in [5.74, 6) is 0. The Hall–Kier alpha value is -2.45. The standard InChI is InChI=1S/C21H17NS/c1-15(16-8-3-2-4-9-16)22-14-17-10-7-12-19-18-11-5-6-13-20(18)23-21(17)19/h2-15H,1H3/t15-/m0/s1. The van der Waals surface area contributed by atoms with E-state index in [2.05, 4.69) is 73.7 Å². The Balaban J connectivity index is 1.76. The van der Waals surface area contributed by atoms with E-state index in [9.17, 15) is 0 Å². The van der Waals surface area contributed by atoms with Crippen LogP contribution in [0.2, 0.25) is 0 Å². The van der Waals surface area contributed by atoms with Crippen molar-refractivity contribution in [3.8, 4) is 0 Å². The van der Waals surface area contributed by atoms with Crippen molar-refractivity contribution in [2.24, 2.45) is 4.99 Å². The van der Waals surface area contributed by atoms with E-state index < -0.39 is 0 Å². The van der Waals surface area contributed by atoms with Gasteiger partial charge in [-0.3, -0.25) is 4.99 Å². The van der Waals surface area contributed by atoms with Gasteiger partial charge in [-0.2, -0.15) is 0 Å². The Kier molecular flexibility index (Phi) is 3.68. The van der Waals surface area contributed by atoms with Crippen LogP contribution in [0.25, 0.3) is 20.2 Å². The maximum atomic E-state index is 4.77. The quantitative estimate of drug-likeness (QED) is 0.397. The van der Waals surface area contributed by atoms with Crippen LogP contribution < -0.4 is 0 Å². The molecule has 0 radical (unpaired) electrons. The molecule has 0 aliphatic heterocycles. The topological polar surface area (TPSA) is 12.4 Å². The molecule has 1 heterocycles. The van der Waals surface area contributed by atoms with Crippen LogP contribution in [0.4, 0.5) is 0 Å². The van der Waals surface area contributed by atoms with Gasteiger partial charge in [-0.25, -0.2) is 0 Å². The van der Waals surface area contributed by atoms with Gasteiger partial charge in [-0.1, -0.05) is 66.7 Å². The van der Waals surface area contributed by atoms with E-state index in [4.69, 9.17) is 4.99 Å². The summed E-state index contributed by atoms with van der Waals surface area (Å²) >= 11 is 1.84. The average molecular weight is 315 g/mol. The molecule has 23 heavy (non-hydrogen) atoms. The fourth-order valence-electron chi connectivity index (χ4n) is 2.88. The van der Waals surface area contributed by atoms with Gasteiger partial charge in [0.1, 0.15) is 0 Å². The zero-order valence-corrected chi connectivity index (χ0v) is 13.8. The lowest BCUT2D eigenvalue weighted by molar-refractivity contribution is 0.825. The van der Waals surface area contributed by atoms with E-state index in [0.717, 1.165) is 0 Å². The first-order valence-electron chi connectivity index (χ1n) is 7.81. The second kappa shape index (κ2) is 5.98. The molecule has 0 saturated carbocycles. The van der Waals surface area contributed by atoms with Gasteiger partial charge in [-0.05, 0) is 18.6 Å². The fraction of sp³-hybridized carbons (Fsp3) is 0.0952. The van der Waals surface area contributed by atoms with Gasteiger partial charge in [-0.15, -0.1) is 11.3 Å². The predicted octanol–water partition coefficient (Wildman–Crippen LogP) is 6.23. The molecular formula is C21H17NS. The first-order chi connectivity index (χ1) is 11.3. The second-order valence-corrected chi connectivity index (χ2v) is 6.74. The van der Waals surface area contributed by atoms with Crippen LogP contribution in [0.1, 0.15) is 24.1 Å². The molecule has 0 amide bonds. The molecule has 1 atom stereocenters. The molecule has 0 aliphatic carbocycles. The van der Waals surface area contributed by atoms with Gasteiger partial charge in [0.15, 0.2) is 0 Å². The third-order valence-electron chi connectivity index (χ3n) is 4.15. The Morgan fingerprint density at radius 3 is 2.43 bits per heavy atom. The number of fused-ring (bicyclic) bond motifs is 3. The summed E-state index contributed by atoms with van der Waals surface area (Å²) in [6.45, 7) is 2.14. The van der Waals surface area contributed by atoms with E-state index in [0.29, 0.717) is 0 Å². The molecule has 0 unspecified atom stereocenters. The van der Waals surface area contributed by atoms with Crippen molar-refractivity contribution < 1.29 is 0 Å². The Bertz CT molecular complexity index is 983. The van der Waals surface area contributed by atoms with E-state index in [1.54, 1.807) is 0 Å². The van der Waals surface area contributed by atoms with Crippen LogP contribution in [0.3, 0.4) is 0 Å². The number of aliphatic imine (C=N–C) groups is 1. The molecule has 0 aliphatic rings. The van der Waals surface area contributed by atoms with Crippen LogP contribution >= 0.6 is 11.3 Å². The number of hydrogen-bond acceptors (Lipinski definition) is 2. The van der Waals surface area contributed by atoms with Crippen molar-refractivity contribution >= 4 is 37.7 Å². The first kappa shape index (κ1) is 14.2. The normalized spacial score (nSPS) is 13.1. The van der Waals surface area contributed by atoms with E-state index in [1.165, 1.54) is 31.3 Å². The number of nitrogens with zero attached hydrogens (tertiary/aromatic N) is 1. The fourth-order valence-corrected chi connectivity index (χ4v) is 4.06. The second-order valence-electron chi connectivity index (χ2n) is 5.69. The van der Waals surface area contributed by atoms with Crippen molar-refractivity contribution in [1.29, 1.82) is 0 Å². The molecule has 0 bridgehead atoms. The molecule has 4 aromatic rings. The van der Waals surface area contributed by atoms with Gasteiger partial charge in [0.05, 0.1) is 6.04 Å². The Morgan fingerprint density at radius 2 is 1.57 bits per heavy atom. The highest BCUT2D eigenvalue weighted by molar-refractivity contribution is 7.26. The summed E-state index contributed by atoms with van der Waals surface area (Å²) in [5, 5.41) is 2.65. The van der Waals surface area contributed by atoms with Gasteiger partial charge in [0.2, 0.25) is 0 Å². The molecule has 0 fully saturated rings. The zero-order valence-electron chi connectivity index (χ0n) is 12.9. The van der Waals surface area contributed by atoms with Crippen molar-refractivity contribution in [3.05, 3.63) is 83.9 Å². The molecule has 1 nitrogen and oxygen atoms in total. The van der Waals surface area contributed by atoms with Gasteiger partial charge >= 0.3 is 0 Å². The molecule has 112 valence electrons. The van der Waals surface area contributed by atoms with Crippen LogP contribution in [0.5, 0.6) is 0 Å². The summed E-state index contributed by atoms with van der Waals surface area (Å²) in [5.41, 5.74) is 2.44. The lowest BCUT2D eigenvalue weighted by atomic mass is 10.1. The number of benzene rings is 3. The molecular weight excluding hydrogens is 298 g/mol. The largest absolute Gasteiger partial charge is 0.285 e. The van der Waals surface area contributed by atoms with Crippen LogP contribution in [-0.2, 0) is 0 Å². The van der Waals surface area contributed by atoms with Gasteiger partial charge < -0.3 is 0 Å². The predicted molar refractivity (Wildman–Crippen MR) is 102 cm³/mol. The van der Waals surface area contributed by atoms with Crippen LogP contribution in [0, 0.1) is 0 Å². The minimum absolute atomic E-state index is 0.167. The lowest BCUT2D eigenvalue weighted by Gasteiger charge is -2.06. The molecule has 0 spiro atoms. The third-order valence-corrected chi connectivity index (χ3v) is 5.39. The lowest BCUT2D eigenvalue weighted by Crippen LogP contribution is -1.90. The smallest absolute Gasteiger partial charge is 0.0721 e. The van der Waals surface area contributed by atoms with Crippen LogP contribution in [0.15, 0.2) is 77.8 Å². The Morgan fingerprint density at radius 1 is 0.826 bits per heavy atom. The van der Waals surface area contributed by atoms with Crippen molar-refractivity contribution in [2.75, 3.05) is 0 Å². The van der Waals surface area contributed by atoms with Crippen molar-refractivity contribution in [1.82, 2.24) is 0 Å². The molecule has 1 aromatic heterocycles. The molecule has 0 N–H and O–H groups in total.